The Hall–Kier alpha value is -0.0800. The second-order valence-corrected chi connectivity index (χ2v) is 7.58. The first-order chi connectivity index (χ1) is 9.20. The van der Waals surface area contributed by atoms with Crippen LogP contribution >= 0.6 is 0 Å². The van der Waals surface area contributed by atoms with Crippen LogP contribution in [0.2, 0.25) is 0 Å². The second-order valence-electron chi connectivity index (χ2n) is 7.58. The third-order valence-electron chi connectivity index (χ3n) is 6.27. The van der Waals surface area contributed by atoms with Crippen LogP contribution in [-0.4, -0.2) is 36.6 Å². The first-order valence-corrected chi connectivity index (χ1v) is 8.67. The van der Waals surface area contributed by atoms with Crippen molar-refractivity contribution in [3.8, 4) is 0 Å². The van der Waals surface area contributed by atoms with E-state index in [2.05, 4.69) is 31.0 Å². The van der Waals surface area contributed by atoms with Crippen LogP contribution in [0.3, 0.4) is 0 Å². The fraction of sp³-hybridized carbons (Fsp3) is 1.00. The Morgan fingerprint density at radius 2 is 2.05 bits per heavy atom. The maximum absolute atomic E-state index is 3.61. The zero-order valence-electron chi connectivity index (χ0n) is 13.1. The maximum Gasteiger partial charge on any atom is 0.0140 e. The zero-order chi connectivity index (χ0) is 13.4. The third kappa shape index (κ3) is 2.58. The fourth-order valence-electron chi connectivity index (χ4n) is 5.12. The molecule has 5 atom stereocenters. The summed E-state index contributed by atoms with van der Waals surface area (Å²) in [6.07, 6.45) is 7.24. The number of nitrogens with zero attached hydrogens (tertiary/aromatic N) is 1. The van der Waals surface area contributed by atoms with Crippen molar-refractivity contribution in [3.63, 3.8) is 0 Å². The number of nitrogens with one attached hydrogen (secondary N) is 1. The van der Waals surface area contributed by atoms with Gasteiger partial charge in [0.15, 0.2) is 0 Å². The van der Waals surface area contributed by atoms with Crippen LogP contribution in [0, 0.1) is 23.7 Å². The molecular weight excluding hydrogens is 232 g/mol. The van der Waals surface area contributed by atoms with Gasteiger partial charge in [-0.05, 0) is 56.0 Å². The summed E-state index contributed by atoms with van der Waals surface area (Å²) in [7, 11) is 0. The standard InChI is InChI=1S/C17H32N2/c1-4-17-16-10-18-9-14(16)11-19(17)15-7-5-6-13(8-15)12(2)3/h12-18H,4-11H2,1-3H3. The number of hydrogen-bond donors (Lipinski definition) is 1. The molecule has 0 aromatic carbocycles. The van der Waals surface area contributed by atoms with Crippen LogP contribution in [-0.2, 0) is 0 Å². The lowest BCUT2D eigenvalue weighted by Gasteiger charge is -2.40. The van der Waals surface area contributed by atoms with Crippen LogP contribution in [0.25, 0.3) is 0 Å². The lowest BCUT2D eigenvalue weighted by molar-refractivity contribution is 0.0900. The van der Waals surface area contributed by atoms with Crippen molar-refractivity contribution in [2.75, 3.05) is 19.6 Å². The molecule has 2 aliphatic heterocycles. The van der Waals surface area contributed by atoms with Crippen molar-refractivity contribution in [2.45, 2.75) is 65.0 Å². The smallest absolute Gasteiger partial charge is 0.0140 e. The number of hydrogen-bond acceptors (Lipinski definition) is 2. The number of fused-ring (bicyclic) bond motifs is 1. The highest BCUT2D eigenvalue weighted by molar-refractivity contribution is 5.00. The van der Waals surface area contributed by atoms with E-state index < -0.39 is 0 Å². The number of likely N-dealkylation sites (tertiary alicyclic amines) is 1. The van der Waals surface area contributed by atoms with Crippen LogP contribution in [0.1, 0.15) is 52.9 Å². The summed E-state index contributed by atoms with van der Waals surface area (Å²) in [6.45, 7) is 11.2. The molecule has 2 heterocycles. The summed E-state index contributed by atoms with van der Waals surface area (Å²) in [4.78, 5) is 2.94. The molecule has 0 spiro atoms. The van der Waals surface area contributed by atoms with Gasteiger partial charge < -0.3 is 5.32 Å². The summed E-state index contributed by atoms with van der Waals surface area (Å²) >= 11 is 0. The molecule has 2 heteroatoms. The summed E-state index contributed by atoms with van der Waals surface area (Å²) < 4.78 is 0. The van der Waals surface area contributed by atoms with E-state index in [0.29, 0.717) is 0 Å². The Morgan fingerprint density at radius 1 is 1.21 bits per heavy atom. The van der Waals surface area contributed by atoms with Crippen molar-refractivity contribution in [2.24, 2.45) is 23.7 Å². The third-order valence-corrected chi connectivity index (χ3v) is 6.27. The molecule has 19 heavy (non-hydrogen) atoms. The molecule has 0 amide bonds. The molecule has 3 aliphatic rings. The molecule has 0 bridgehead atoms. The molecule has 110 valence electrons. The number of rotatable bonds is 3. The molecule has 0 radical (unpaired) electrons. The Morgan fingerprint density at radius 3 is 2.79 bits per heavy atom. The molecular formula is C17H32N2. The highest BCUT2D eigenvalue weighted by Gasteiger charge is 2.46. The molecule has 1 N–H and O–H groups in total. The van der Waals surface area contributed by atoms with Crippen molar-refractivity contribution >= 4 is 0 Å². The van der Waals surface area contributed by atoms with Gasteiger partial charge in [0.25, 0.3) is 0 Å². The lowest BCUT2D eigenvalue weighted by atomic mass is 9.78. The lowest BCUT2D eigenvalue weighted by Crippen LogP contribution is -2.45. The molecule has 1 saturated carbocycles. The first-order valence-electron chi connectivity index (χ1n) is 8.67. The quantitative estimate of drug-likeness (QED) is 0.842. The minimum absolute atomic E-state index is 0.871. The van der Waals surface area contributed by atoms with E-state index in [1.165, 1.54) is 51.7 Å². The summed E-state index contributed by atoms with van der Waals surface area (Å²) in [5.74, 6) is 3.76. The van der Waals surface area contributed by atoms with Crippen molar-refractivity contribution in [1.82, 2.24) is 10.2 Å². The highest BCUT2D eigenvalue weighted by atomic mass is 15.2. The van der Waals surface area contributed by atoms with Gasteiger partial charge >= 0.3 is 0 Å². The summed E-state index contributed by atoms with van der Waals surface area (Å²) in [6, 6.07) is 1.77. The topological polar surface area (TPSA) is 15.3 Å². The monoisotopic (exact) mass is 264 g/mol. The molecule has 0 aromatic rings. The molecule has 5 unspecified atom stereocenters. The average Bonchev–Trinajstić information content (AvgIpc) is 2.98. The van der Waals surface area contributed by atoms with Crippen molar-refractivity contribution < 1.29 is 0 Å². The van der Waals surface area contributed by atoms with E-state index in [4.69, 9.17) is 0 Å². The van der Waals surface area contributed by atoms with Crippen LogP contribution in [0.4, 0.5) is 0 Å². The van der Waals surface area contributed by atoms with Crippen molar-refractivity contribution in [1.29, 1.82) is 0 Å². The Bertz CT molecular complexity index is 302. The molecule has 3 fully saturated rings. The zero-order valence-corrected chi connectivity index (χ0v) is 13.1. The summed E-state index contributed by atoms with van der Waals surface area (Å²) in [5, 5.41) is 3.61. The Labute approximate surface area is 119 Å². The van der Waals surface area contributed by atoms with E-state index in [1.807, 2.05) is 0 Å². The van der Waals surface area contributed by atoms with Gasteiger partial charge in [-0.1, -0.05) is 33.6 Å². The van der Waals surface area contributed by atoms with Gasteiger partial charge in [-0.2, -0.15) is 0 Å². The minimum Gasteiger partial charge on any atom is -0.316 e. The molecule has 2 nitrogen and oxygen atoms in total. The maximum atomic E-state index is 3.61. The Kier molecular flexibility index (Phi) is 4.19. The highest BCUT2D eigenvalue weighted by Crippen LogP contribution is 2.40. The predicted molar refractivity (Wildman–Crippen MR) is 81.2 cm³/mol. The second kappa shape index (κ2) is 5.73. The SMILES string of the molecule is CCC1C2CNCC2CN1C1CCCC(C(C)C)C1. The van der Waals surface area contributed by atoms with E-state index in [9.17, 15) is 0 Å². The van der Waals surface area contributed by atoms with Gasteiger partial charge in [-0.15, -0.1) is 0 Å². The molecule has 0 aromatic heterocycles. The van der Waals surface area contributed by atoms with Gasteiger partial charge in [-0.3, -0.25) is 4.90 Å². The molecule has 2 saturated heterocycles. The van der Waals surface area contributed by atoms with Gasteiger partial charge in [0.1, 0.15) is 0 Å². The van der Waals surface area contributed by atoms with Gasteiger partial charge in [0.05, 0.1) is 0 Å². The predicted octanol–water partition coefficient (Wildman–Crippen LogP) is 3.13. The molecule has 3 rings (SSSR count). The first kappa shape index (κ1) is 13.9. The average molecular weight is 264 g/mol. The summed E-state index contributed by atoms with van der Waals surface area (Å²) in [5.41, 5.74) is 0. The normalized spacial score (nSPS) is 43.9. The van der Waals surface area contributed by atoms with Gasteiger partial charge in [0.2, 0.25) is 0 Å². The van der Waals surface area contributed by atoms with Gasteiger partial charge in [0, 0.05) is 18.6 Å². The largest absolute Gasteiger partial charge is 0.316 e. The minimum atomic E-state index is 0.871. The van der Waals surface area contributed by atoms with E-state index in [0.717, 1.165) is 35.8 Å². The Balaban J connectivity index is 1.67. The van der Waals surface area contributed by atoms with Crippen molar-refractivity contribution in [3.05, 3.63) is 0 Å². The van der Waals surface area contributed by atoms with Gasteiger partial charge in [-0.25, -0.2) is 0 Å². The molecule has 1 aliphatic carbocycles. The van der Waals surface area contributed by atoms with E-state index >= 15 is 0 Å². The van der Waals surface area contributed by atoms with E-state index in [1.54, 1.807) is 0 Å². The van der Waals surface area contributed by atoms with Crippen LogP contribution in [0.5, 0.6) is 0 Å². The van der Waals surface area contributed by atoms with Crippen LogP contribution < -0.4 is 5.32 Å². The van der Waals surface area contributed by atoms with Crippen LogP contribution in [0.15, 0.2) is 0 Å². The fourth-order valence-corrected chi connectivity index (χ4v) is 5.12. The van der Waals surface area contributed by atoms with E-state index in [-0.39, 0.29) is 0 Å².